The van der Waals surface area contributed by atoms with Crippen molar-refractivity contribution in [2.75, 3.05) is 6.61 Å². The monoisotopic (exact) mass is 370 g/mol. The Kier molecular flexibility index (Phi) is 9.25. The largest absolute Gasteiger partial charge is 0.511 e. The average molecular weight is 370 g/mol. The highest BCUT2D eigenvalue weighted by Crippen LogP contribution is 2.33. The summed E-state index contributed by atoms with van der Waals surface area (Å²) in [7, 11) is 0. The van der Waals surface area contributed by atoms with E-state index in [1.54, 1.807) is 12.1 Å². The second-order valence-corrected chi connectivity index (χ2v) is 6.72. The fraction of sp³-hybridized carbons (Fsp3) is 0.435. The molecule has 4 nitrogen and oxygen atoms in total. The molecular formula is C23H30O4. The maximum Gasteiger partial charge on any atom is 0.511 e. The third-order valence-corrected chi connectivity index (χ3v) is 4.50. The van der Waals surface area contributed by atoms with E-state index in [9.17, 15) is 4.79 Å². The van der Waals surface area contributed by atoms with E-state index in [0.29, 0.717) is 12.4 Å². The van der Waals surface area contributed by atoms with Crippen LogP contribution in [0, 0.1) is 0 Å². The zero-order valence-electron chi connectivity index (χ0n) is 16.2. The minimum Gasteiger partial charge on any atom is -0.493 e. The molecule has 0 bridgehead atoms. The van der Waals surface area contributed by atoms with Crippen LogP contribution < -0.4 is 9.47 Å². The highest BCUT2D eigenvalue weighted by Gasteiger charge is 2.10. The standard InChI is InChI=1S/C23H30O4/c1-2-3-4-5-6-7-8-12-17-26-22-18-20(27-23(24)25)15-16-21(22)19-13-10-9-11-14-19/h9-11,13-16,18H,2-8,12,17H2,1H3,(H,24,25). The number of unbranched alkanes of at least 4 members (excludes halogenated alkanes) is 7. The predicted octanol–water partition coefficient (Wildman–Crippen LogP) is 6.93. The molecule has 1 N–H and O–H groups in total. The van der Waals surface area contributed by atoms with Crippen molar-refractivity contribution in [1.29, 1.82) is 0 Å². The molecule has 0 aliphatic carbocycles. The van der Waals surface area contributed by atoms with Crippen molar-refractivity contribution in [3.8, 4) is 22.6 Å². The summed E-state index contributed by atoms with van der Waals surface area (Å²) in [5.74, 6) is 0.927. The Labute approximate surface area is 162 Å². The van der Waals surface area contributed by atoms with E-state index >= 15 is 0 Å². The van der Waals surface area contributed by atoms with Gasteiger partial charge in [0.15, 0.2) is 0 Å². The topological polar surface area (TPSA) is 55.8 Å². The van der Waals surface area contributed by atoms with Crippen LogP contribution in [-0.4, -0.2) is 17.9 Å². The van der Waals surface area contributed by atoms with Crippen LogP contribution in [0.25, 0.3) is 11.1 Å². The molecule has 146 valence electrons. The molecule has 0 heterocycles. The van der Waals surface area contributed by atoms with E-state index in [-0.39, 0.29) is 5.75 Å². The fourth-order valence-corrected chi connectivity index (χ4v) is 3.06. The summed E-state index contributed by atoms with van der Waals surface area (Å²) in [6, 6.07) is 15.1. The molecule has 0 saturated carbocycles. The molecule has 2 rings (SSSR count). The molecular weight excluding hydrogens is 340 g/mol. The van der Waals surface area contributed by atoms with Gasteiger partial charge in [-0.05, 0) is 24.1 Å². The zero-order chi connectivity index (χ0) is 19.3. The van der Waals surface area contributed by atoms with Gasteiger partial charge in [-0.25, -0.2) is 4.79 Å². The van der Waals surface area contributed by atoms with Crippen molar-refractivity contribution >= 4 is 6.16 Å². The summed E-state index contributed by atoms with van der Waals surface area (Å²) in [6.45, 7) is 2.85. The first-order valence-electron chi connectivity index (χ1n) is 9.93. The number of benzene rings is 2. The van der Waals surface area contributed by atoms with Gasteiger partial charge in [-0.15, -0.1) is 0 Å². The van der Waals surface area contributed by atoms with Crippen molar-refractivity contribution in [1.82, 2.24) is 0 Å². The van der Waals surface area contributed by atoms with Crippen LogP contribution in [0.5, 0.6) is 11.5 Å². The van der Waals surface area contributed by atoms with E-state index in [4.69, 9.17) is 14.6 Å². The van der Waals surface area contributed by atoms with Gasteiger partial charge in [-0.1, -0.05) is 82.2 Å². The summed E-state index contributed by atoms with van der Waals surface area (Å²) >= 11 is 0. The molecule has 0 fully saturated rings. The summed E-state index contributed by atoms with van der Waals surface area (Å²) in [6.07, 6.45) is 8.62. The number of carbonyl (C=O) groups is 1. The molecule has 0 aliphatic heterocycles. The maximum absolute atomic E-state index is 10.8. The van der Waals surface area contributed by atoms with Gasteiger partial charge in [0, 0.05) is 11.6 Å². The Balaban J connectivity index is 1.90. The second-order valence-electron chi connectivity index (χ2n) is 6.72. The van der Waals surface area contributed by atoms with Crippen molar-refractivity contribution in [3.05, 3.63) is 48.5 Å². The van der Waals surface area contributed by atoms with Gasteiger partial charge in [-0.2, -0.15) is 0 Å². The molecule has 0 atom stereocenters. The number of hydrogen-bond acceptors (Lipinski definition) is 3. The van der Waals surface area contributed by atoms with Crippen LogP contribution in [0.2, 0.25) is 0 Å². The second kappa shape index (κ2) is 12.0. The van der Waals surface area contributed by atoms with Crippen molar-refractivity contribution < 1.29 is 19.4 Å². The number of carboxylic acid groups (broad SMARTS) is 1. The van der Waals surface area contributed by atoms with Crippen molar-refractivity contribution in [3.63, 3.8) is 0 Å². The van der Waals surface area contributed by atoms with Gasteiger partial charge < -0.3 is 14.6 Å². The Morgan fingerprint density at radius 2 is 1.56 bits per heavy atom. The molecule has 0 radical (unpaired) electrons. The highest BCUT2D eigenvalue weighted by atomic mass is 16.7. The third-order valence-electron chi connectivity index (χ3n) is 4.50. The minimum absolute atomic E-state index is 0.271. The lowest BCUT2D eigenvalue weighted by Gasteiger charge is -2.13. The van der Waals surface area contributed by atoms with Crippen LogP contribution in [0.3, 0.4) is 0 Å². The predicted molar refractivity (Wildman–Crippen MR) is 109 cm³/mol. The molecule has 4 heteroatoms. The molecule has 27 heavy (non-hydrogen) atoms. The fourth-order valence-electron chi connectivity index (χ4n) is 3.06. The molecule has 0 amide bonds. The first-order chi connectivity index (χ1) is 13.2. The lowest BCUT2D eigenvalue weighted by atomic mass is 10.0. The quantitative estimate of drug-likeness (QED) is 0.250. The maximum atomic E-state index is 10.8. The number of rotatable bonds is 12. The van der Waals surface area contributed by atoms with E-state index < -0.39 is 6.16 Å². The lowest BCUT2D eigenvalue weighted by Crippen LogP contribution is -2.04. The van der Waals surface area contributed by atoms with E-state index in [0.717, 1.165) is 24.0 Å². The lowest BCUT2D eigenvalue weighted by molar-refractivity contribution is 0.144. The van der Waals surface area contributed by atoms with Gasteiger partial charge in [0.1, 0.15) is 11.5 Å². The Morgan fingerprint density at radius 1 is 0.889 bits per heavy atom. The first kappa shape index (κ1) is 20.8. The molecule has 0 unspecified atom stereocenters. The zero-order valence-corrected chi connectivity index (χ0v) is 16.2. The van der Waals surface area contributed by atoms with Crippen molar-refractivity contribution in [2.24, 2.45) is 0 Å². The van der Waals surface area contributed by atoms with Crippen molar-refractivity contribution in [2.45, 2.75) is 58.3 Å². The SMILES string of the molecule is CCCCCCCCCCOc1cc(OC(=O)O)ccc1-c1ccccc1. The molecule has 0 saturated heterocycles. The average Bonchev–Trinajstić information content (AvgIpc) is 2.67. The Hall–Kier alpha value is -2.49. The van der Waals surface area contributed by atoms with E-state index in [1.165, 1.54) is 38.5 Å². The van der Waals surface area contributed by atoms with E-state index in [2.05, 4.69) is 6.92 Å². The third kappa shape index (κ3) is 7.73. The smallest absolute Gasteiger partial charge is 0.493 e. The summed E-state index contributed by atoms with van der Waals surface area (Å²) in [4.78, 5) is 10.8. The van der Waals surface area contributed by atoms with Crippen LogP contribution in [0.4, 0.5) is 4.79 Å². The molecule has 0 aliphatic rings. The highest BCUT2D eigenvalue weighted by molar-refractivity contribution is 5.72. The number of ether oxygens (including phenoxy) is 2. The van der Waals surface area contributed by atoms with Gasteiger partial charge in [0.25, 0.3) is 0 Å². The Bertz CT molecular complexity index is 682. The van der Waals surface area contributed by atoms with Crippen LogP contribution in [0.1, 0.15) is 58.3 Å². The Morgan fingerprint density at radius 3 is 2.22 bits per heavy atom. The first-order valence-corrected chi connectivity index (χ1v) is 9.93. The molecule has 2 aromatic rings. The molecule has 0 aromatic heterocycles. The summed E-state index contributed by atoms with van der Waals surface area (Å²) < 4.78 is 10.8. The van der Waals surface area contributed by atoms with Gasteiger partial charge in [0.2, 0.25) is 0 Å². The van der Waals surface area contributed by atoms with E-state index in [1.807, 2.05) is 36.4 Å². The van der Waals surface area contributed by atoms with Gasteiger partial charge in [-0.3, -0.25) is 0 Å². The molecule has 0 spiro atoms. The van der Waals surface area contributed by atoms with Gasteiger partial charge >= 0.3 is 6.16 Å². The van der Waals surface area contributed by atoms with Crippen LogP contribution in [0.15, 0.2) is 48.5 Å². The summed E-state index contributed by atoms with van der Waals surface area (Å²) in [5, 5.41) is 8.83. The summed E-state index contributed by atoms with van der Waals surface area (Å²) in [5.41, 5.74) is 1.97. The van der Waals surface area contributed by atoms with Crippen LogP contribution in [-0.2, 0) is 0 Å². The minimum atomic E-state index is -1.32. The van der Waals surface area contributed by atoms with Gasteiger partial charge in [0.05, 0.1) is 6.61 Å². The number of hydrogen-bond donors (Lipinski definition) is 1. The normalized spacial score (nSPS) is 10.6. The molecule has 2 aromatic carbocycles. The van der Waals surface area contributed by atoms with Crippen LogP contribution >= 0.6 is 0 Å².